The summed E-state index contributed by atoms with van der Waals surface area (Å²) in [6.45, 7) is 4.27. The number of carbonyl (C=O) groups excluding carboxylic acids is 2. The predicted octanol–water partition coefficient (Wildman–Crippen LogP) is 2.56. The summed E-state index contributed by atoms with van der Waals surface area (Å²) in [5.74, 6) is 0.0700. The topological polar surface area (TPSA) is 59.1 Å². The van der Waals surface area contributed by atoms with Crippen molar-refractivity contribution in [2.24, 2.45) is 0 Å². The fraction of sp³-hybridized carbons (Fsp3) is 0.391. The quantitative estimate of drug-likeness (QED) is 0.775. The lowest BCUT2D eigenvalue weighted by atomic mass is 9.88. The zero-order valence-electron chi connectivity index (χ0n) is 17.0. The van der Waals surface area contributed by atoms with E-state index in [1.807, 2.05) is 24.3 Å². The molecule has 0 aliphatic carbocycles. The minimum Gasteiger partial charge on any atom is -0.484 e. The normalized spacial score (nSPS) is 18.7. The summed E-state index contributed by atoms with van der Waals surface area (Å²) in [5, 5.41) is 0. The van der Waals surface area contributed by atoms with Gasteiger partial charge in [-0.1, -0.05) is 18.2 Å². The van der Waals surface area contributed by atoms with Gasteiger partial charge in [0.25, 0.3) is 5.91 Å². The van der Waals surface area contributed by atoms with Gasteiger partial charge in [0.15, 0.2) is 6.61 Å². The minimum atomic E-state index is -0.388. The van der Waals surface area contributed by atoms with Gasteiger partial charge in [0.05, 0.1) is 19.3 Å². The van der Waals surface area contributed by atoms with E-state index in [1.54, 1.807) is 15.9 Å². The molecule has 0 bridgehead atoms. The number of hydrogen-bond acceptors (Lipinski definition) is 4. The molecular formula is C23H25FN2O4. The van der Waals surface area contributed by atoms with Crippen LogP contribution in [-0.4, -0.2) is 61.1 Å². The molecule has 1 fully saturated rings. The number of nitrogens with zero attached hydrogens (tertiary/aromatic N) is 2. The average Bonchev–Trinajstić information content (AvgIpc) is 2.77. The van der Waals surface area contributed by atoms with E-state index in [-0.39, 0.29) is 30.3 Å². The third kappa shape index (κ3) is 4.31. The molecule has 0 radical (unpaired) electrons. The van der Waals surface area contributed by atoms with Gasteiger partial charge >= 0.3 is 0 Å². The Balaban J connectivity index is 1.58. The van der Waals surface area contributed by atoms with E-state index in [9.17, 15) is 14.0 Å². The number of rotatable bonds is 4. The van der Waals surface area contributed by atoms with Crippen LogP contribution in [-0.2, 0) is 20.7 Å². The Morgan fingerprint density at radius 1 is 1.13 bits per heavy atom. The van der Waals surface area contributed by atoms with Gasteiger partial charge in [-0.3, -0.25) is 9.59 Å². The zero-order valence-corrected chi connectivity index (χ0v) is 17.0. The Morgan fingerprint density at radius 3 is 2.67 bits per heavy atom. The molecule has 2 heterocycles. The molecule has 158 valence electrons. The molecule has 2 aliphatic heterocycles. The minimum absolute atomic E-state index is 0.0557. The molecule has 1 atom stereocenters. The first kappa shape index (κ1) is 20.3. The maximum Gasteiger partial charge on any atom is 0.260 e. The third-order valence-corrected chi connectivity index (χ3v) is 5.64. The van der Waals surface area contributed by atoms with E-state index >= 15 is 0 Å². The van der Waals surface area contributed by atoms with Gasteiger partial charge in [0, 0.05) is 26.6 Å². The van der Waals surface area contributed by atoms with Gasteiger partial charge in [-0.2, -0.15) is 0 Å². The van der Waals surface area contributed by atoms with Crippen LogP contribution in [0.4, 0.5) is 4.39 Å². The number of benzene rings is 2. The maximum absolute atomic E-state index is 13.9. The standard InChI is InChI=1S/C23H25FN2O4/c1-16(27)26-8-7-17-5-6-20(30-15-22(28)25-9-11-29-12-10-25)14-21(17)23(26)18-3-2-4-19(24)13-18/h2-6,13-14,23H,7-12,15H2,1H3. The Morgan fingerprint density at radius 2 is 1.93 bits per heavy atom. The van der Waals surface area contributed by atoms with Gasteiger partial charge < -0.3 is 19.3 Å². The number of fused-ring (bicyclic) bond motifs is 1. The smallest absolute Gasteiger partial charge is 0.260 e. The zero-order chi connectivity index (χ0) is 21.1. The number of amides is 2. The predicted molar refractivity (Wildman–Crippen MR) is 109 cm³/mol. The summed E-state index contributed by atoms with van der Waals surface area (Å²) in [6.07, 6.45) is 0.716. The number of halogens is 1. The number of carbonyl (C=O) groups is 2. The molecule has 0 saturated carbocycles. The molecule has 0 aromatic heterocycles. The fourth-order valence-corrected chi connectivity index (χ4v) is 4.11. The van der Waals surface area contributed by atoms with E-state index in [1.165, 1.54) is 19.1 Å². The monoisotopic (exact) mass is 412 g/mol. The Kier molecular flexibility index (Phi) is 5.99. The van der Waals surface area contributed by atoms with Crippen LogP contribution in [0.15, 0.2) is 42.5 Å². The summed E-state index contributed by atoms with van der Waals surface area (Å²) in [5.41, 5.74) is 2.71. The summed E-state index contributed by atoms with van der Waals surface area (Å²) < 4.78 is 25.0. The van der Waals surface area contributed by atoms with Crippen molar-refractivity contribution in [1.29, 1.82) is 0 Å². The fourth-order valence-electron chi connectivity index (χ4n) is 4.11. The van der Waals surface area contributed by atoms with Crippen molar-refractivity contribution in [3.05, 3.63) is 65.0 Å². The first-order chi connectivity index (χ1) is 14.5. The van der Waals surface area contributed by atoms with Crippen LogP contribution < -0.4 is 4.74 Å². The number of morpholine rings is 1. The van der Waals surface area contributed by atoms with Crippen LogP contribution in [0.1, 0.15) is 29.7 Å². The van der Waals surface area contributed by atoms with Crippen molar-refractivity contribution in [1.82, 2.24) is 9.80 Å². The summed E-state index contributed by atoms with van der Waals surface area (Å²) in [7, 11) is 0. The van der Waals surface area contributed by atoms with E-state index < -0.39 is 0 Å². The highest BCUT2D eigenvalue weighted by Gasteiger charge is 2.31. The van der Waals surface area contributed by atoms with Gasteiger partial charge in [0.1, 0.15) is 11.6 Å². The highest BCUT2D eigenvalue weighted by atomic mass is 19.1. The van der Waals surface area contributed by atoms with E-state index in [2.05, 4.69) is 0 Å². The second kappa shape index (κ2) is 8.83. The molecule has 30 heavy (non-hydrogen) atoms. The lowest BCUT2D eigenvalue weighted by Crippen LogP contribution is -2.43. The molecule has 6 nitrogen and oxygen atoms in total. The van der Waals surface area contributed by atoms with Crippen molar-refractivity contribution in [3.63, 3.8) is 0 Å². The molecule has 2 aromatic rings. The number of hydrogen-bond donors (Lipinski definition) is 0. The Hall–Kier alpha value is -2.93. The van der Waals surface area contributed by atoms with Gasteiger partial charge in [-0.05, 0) is 47.4 Å². The van der Waals surface area contributed by atoms with Crippen molar-refractivity contribution >= 4 is 11.8 Å². The number of ether oxygens (including phenoxy) is 2. The molecule has 1 unspecified atom stereocenters. The summed E-state index contributed by atoms with van der Waals surface area (Å²) >= 11 is 0. The van der Waals surface area contributed by atoms with E-state index in [4.69, 9.17) is 9.47 Å². The highest BCUT2D eigenvalue weighted by molar-refractivity contribution is 5.78. The average molecular weight is 412 g/mol. The van der Waals surface area contributed by atoms with Crippen molar-refractivity contribution in [2.45, 2.75) is 19.4 Å². The largest absolute Gasteiger partial charge is 0.484 e. The molecule has 7 heteroatoms. The molecular weight excluding hydrogens is 387 g/mol. The second-order valence-electron chi connectivity index (χ2n) is 7.56. The molecule has 1 saturated heterocycles. The van der Waals surface area contributed by atoms with Crippen LogP contribution in [0.25, 0.3) is 0 Å². The van der Waals surface area contributed by atoms with Gasteiger partial charge in [-0.25, -0.2) is 4.39 Å². The molecule has 2 aliphatic rings. The van der Waals surface area contributed by atoms with Crippen LogP contribution in [0, 0.1) is 5.82 Å². The molecule has 4 rings (SSSR count). The van der Waals surface area contributed by atoms with Crippen LogP contribution in [0.5, 0.6) is 5.75 Å². The summed E-state index contributed by atoms with van der Waals surface area (Å²) in [4.78, 5) is 28.1. The molecule has 0 spiro atoms. The van der Waals surface area contributed by atoms with Crippen LogP contribution >= 0.6 is 0 Å². The lowest BCUT2D eigenvalue weighted by molar-refractivity contribution is -0.137. The highest BCUT2D eigenvalue weighted by Crippen LogP contribution is 2.37. The van der Waals surface area contributed by atoms with Crippen molar-refractivity contribution < 1.29 is 23.5 Å². The Bertz CT molecular complexity index is 943. The van der Waals surface area contributed by atoms with E-state index in [0.717, 1.165) is 11.1 Å². The third-order valence-electron chi connectivity index (χ3n) is 5.64. The molecule has 2 amide bonds. The van der Waals surface area contributed by atoms with Gasteiger partial charge in [0.2, 0.25) is 5.91 Å². The molecule has 2 aromatic carbocycles. The van der Waals surface area contributed by atoms with Crippen LogP contribution in [0.2, 0.25) is 0 Å². The van der Waals surface area contributed by atoms with E-state index in [0.29, 0.717) is 50.6 Å². The first-order valence-electron chi connectivity index (χ1n) is 10.2. The Labute approximate surface area is 175 Å². The van der Waals surface area contributed by atoms with Gasteiger partial charge in [-0.15, -0.1) is 0 Å². The van der Waals surface area contributed by atoms with Crippen molar-refractivity contribution in [3.8, 4) is 5.75 Å². The first-order valence-corrected chi connectivity index (χ1v) is 10.2. The van der Waals surface area contributed by atoms with Crippen LogP contribution in [0.3, 0.4) is 0 Å². The second-order valence-corrected chi connectivity index (χ2v) is 7.56. The SMILES string of the molecule is CC(=O)N1CCc2ccc(OCC(=O)N3CCOCC3)cc2C1c1cccc(F)c1. The summed E-state index contributed by atoms with van der Waals surface area (Å²) in [6, 6.07) is 11.6. The maximum atomic E-state index is 13.9. The molecule has 0 N–H and O–H groups in total. The van der Waals surface area contributed by atoms with Crippen molar-refractivity contribution in [2.75, 3.05) is 39.5 Å². The lowest BCUT2D eigenvalue weighted by Gasteiger charge is -2.37.